The van der Waals surface area contributed by atoms with E-state index in [9.17, 15) is 8.78 Å². The van der Waals surface area contributed by atoms with Crippen LogP contribution in [0.4, 0.5) is 8.78 Å². The molecule has 1 atom stereocenters. The largest absolute Gasteiger partial charge is 1.00 e. The number of benzene rings is 3. The van der Waals surface area contributed by atoms with Crippen molar-refractivity contribution in [1.29, 1.82) is 0 Å². The van der Waals surface area contributed by atoms with E-state index in [2.05, 4.69) is 48.8 Å². The van der Waals surface area contributed by atoms with Crippen molar-refractivity contribution in [1.82, 2.24) is 0 Å². The van der Waals surface area contributed by atoms with Crippen molar-refractivity contribution >= 4 is 0 Å². The molecule has 3 aromatic carbocycles. The Bertz CT molecular complexity index is 949. The second-order valence-corrected chi connectivity index (χ2v) is 9.29. The summed E-state index contributed by atoms with van der Waals surface area (Å²) in [5, 5.41) is 2.35. The number of halogens is 5. The molecule has 0 saturated heterocycles. The van der Waals surface area contributed by atoms with Gasteiger partial charge in [0.2, 0.25) is 0 Å². The van der Waals surface area contributed by atoms with Gasteiger partial charge in [0.15, 0.2) is 0 Å². The van der Waals surface area contributed by atoms with Crippen molar-refractivity contribution in [2.45, 2.75) is 38.1 Å². The Hall–Kier alpha value is -1.73. The van der Waals surface area contributed by atoms with Crippen LogP contribution in [0.5, 0.6) is 0 Å². The molecule has 0 aliphatic rings. The van der Waals surface area contributed by atoms with Crippen molar-refractivity contribution < 1.29 is 62.8 Å². The van der Waals surface area contributed by atoms with E-state index in [-0.39, 0.29) is 54.3 Å². The lowest BCUT2D eigenvalue weighted by Crippen LogP contribution is -3.00. The van der Waals surface area contributed by atoms with Crippen LogP contribution in [-0.4, -0.2) is 25.7 Å². The Morgan fingerprint density at radius 2 is 1.23 bits per heavy atom. The fraction of sp³-hybridized carbons (Fsp3) is 0.333. The van der Waals surface area contributed by atoms with Crippen LogP contribution in [0.1, 0.15) is 32.3 Å². The molecule has 3 aromatic rings. The van der Waals surface area contributed by atoms with Crippen LogP contribution in [0.3, 0.4) is 0 Å². The molecule has 0 saturated carbocycles. The maximum absolute atomic E-state index is 13.5. The van der Waals surface area contributed by atoms with Crippen molar-refractivity contribution in [3.8, 4) is 22.3 Å². The predicted molar refractivity (Wildman–Crippen MR) is 126 cm³/mol. The molecule has 3 nitrogen and oxygen atoms in total. The van der Waals surface area contributed by atoms with Gasteiger partial charge in [0.05, 0.1) is 13.1 Å². The molecule has 0 bridgehead atoms. The third kappa shape index (κ3) is 9.68. The van der Waals surface area contributed by atoms with E-state index in [1.54, 1.807) is 24.3 Å². The van der Waals surface area contributed by atoms with Gasteiger partial charge in [-0.3, -0.25) is 0 Å². The Labute approximate surface area is 226 Å². The topological polar surface area (TPSA) is 71.9 Å². The molecule has 35 heavy (non-hydrogen) atoms. The highest BCUT2D eigenvalue weighted by Gasteiger charge is 2.25. The van der Waals surface area contributed by atoms with Crippen molar-refractivity contribution in [3.05, 3.63) is 83.9 Å². The fourth-order valence-corrected chi connectivity index (χ4v) is 3.98. The Morgan fingerprint density at radius 3 is 1.66 bits per heavy atom. The number of hydrogen-bond donors (Lipinski definition) is 3. The molecule has 194 valence electrons. The first-order valence-corrected chi connectivity index (χ1v) is 11.4. The normalized spacial score (nSPS) is 11.6. The molecule has 8 heteroatoms. The SMILES string of the molecule is CC(C)(C[NH2+]CC([NH3+])CCC[NH3+])c1cc(-c2ccc(F)cc2)cc(-c2ccc(F)cc2)c1.[Cl-].[Cl-].[Cl-]. The minimum atomic E-state index is -0.250. The highest BCUT2D eigenvalue weighted by atomic mass is 35.5. The molecule has 0 radical (unpaired) electrons. The average Bonchev–Trinajstić information content (AvgIpc) is 2.78. The molecule has 8 N–H and O–H groups in total. The molecule has 3 rings (SSSR count). The summed E-state index contributed by atoms with van der Waals surface area (Å²) in [6.07, 6.45) is 2.22. The second-order valence-electron chi connectivity index (χ2n) is 9.29. The van der Waals surface area contributed by atoms with E-state index in [4.69, 9.17) is 0 Å². The first-order valence-electron chi connectivity index (χ1n) is 11.4. The molecule has 0 heterocycles. The zero-order valence-electron chi connectivity index (χ0n) is 20.3. The van der Waals surface area contributed by atoms with Gasteiger partial charge in [-0.25, -0.2) is 8.78 Å². The fourth-order valence-electron chi connectivity index (χ4n) is 3.98. The summed E-state index contributed by atoms with van der Waals surface area (Å²) in [6, 6.07) is 20.1. The molecule has 1 unspecified atom stereocenters. The molecule has 0 fully saturated rings. The first kappa shape index (κ1) is 33.3. The summed E-state index contributed by atoms with van der Waals surface area (Å²) in [5.41, 5.74) is 13.3. The van der Waals surface area contributed by atoms with Crippen LogP contribution in [0.2, 0.25) is 0 Å². The lowest BCUT2D eigenvalue weighted by atomic mass is 9.81. The van der Waals surface area contributed by atoms with E-state index < -0.39 is 0 Å². The van der Waals surface area contributed by atoms with Gasteiger partial charge in [0.1, 0.15) is 24.2 Å². The number of quaternary nitrogens is 3. The number of hydrogen-bond acceptors (Lipinski definition) is 0. The standard InChI is InChI=1S/C27H33F2N3.3ClH/c1-27(2,18-32-17-26(31)4-3-13-30)23-15-21(19-5-9-24(28)10-6-19)14-22(16-23)20-7-11-25(29)12-8-20;;;/h5-12,14-16,26,32H,3-4,13,17-18,30-31H2,1-2H3;3*1H. The highest BCUT2D eigenvalue weighted by molar-refractivity contribution is 5.74. The minimum absolute atomic E-state index is 0. The molecule has 0 amide bonds. The predicted octanol–water partition coefficient (Wildman–Crippen LogP) is -6.22. The summed E-state index contributed by atoms with van der Waals surface area (Å²) >= 11 is 0. The van der Waals surface area contributed by atoms with Gasteiger partial charge < -0.3 is 54.0 Å². The highest BCUT2D eigenvalue weighted by Crippen LogP contribution is 2.33. The molecule has 0 spiro atoms. The zero-order valence-corrected chi connectivity index (χ0v) is 22.6. The van der Waals surface area contributed by atoms with E-state index in [1.807, 2.05) is 0 Å². The summed E-state index contributed by atoms with van der Waals surface area (Å²) in [6.45, 7) is 7.37. The monoisotopic (exact) mass is 545 g/mol. The van der Waals surface area contributed by atoms with Crippen LogP contribution in [0, 0.1) is 11.6 Å². The lowest BCUT2D eigenvalue weighted by Gasteiger charge is -2.25. The van der Waals surface area contributed by atoms with Crippen molar-refractivity contribution in [3.63, 3.8) is 0 Å². The van der Waals surface area contributed by atoms with Crippen LogP contribution >= 0.6 is 0 Å². The van der Waals surface area contributed by atoms with Gasteiger partial charge in [-0.2, -0.15) is 0 Å². The average molecular weight is 547 g/mol. The first-order chi connectivity index (χ1) is 15.3. The smallest absolute Gasteiger partial charge is 0.134 e. The van der Waals surface area contributed by atoms with E-state index in [0.29, 0.717) is 6.04 Å². The van der Waals surface area contributed by atoms with E-state index >= 15 is 0 Å². The second kappa shape index (κ2) is 15.4. The Kier molecular flexibility index (Phi) is 14.6. The van der Waals surface area contributed by atoms with Gasteiger partial charge >= 0.3 is 0 Å². The summed E-state index contributed by atoms with van der Waals surface area (Å²) in [7, 11) is 0. The Balaban J connectivity index is 0.00000385. The van der Waals surface area contributed by atoms with Crippen LogP contribution in [-0.2, 0) is 5.41 Å². The summed E-state index contributed by atoms with van der Waals surface area (Å²) in [4.78, 5) is 0. The molecular weight excluding hydrogens is 511 g/mol. The van der Waals surface area contributed by atoms with Gasteiger partial charge in [-0.1, -0.05) is 50.2 Å². The van der Waals surface area contributed by atoms with Gasteiger partial charge in [-0.05, 0) is 58.1 Å². The maximum Gasteiger partial charge on any atom is 0.134 e. The third-order valence-corrected chi connectivity index (χ3v) is 6.09. The van der Waals surface area contributed by atoms with E-state index in [1.165, 1.54) is 29.8 Å². The number of rotatable bonds is 10. The summed E-state index contributed by atoms with van der Waals surface area (Å²) < 4.78 is 27.0. The van der Waals surface area contributed by atoms with Crippen molar-refractivity contribution in [2.24, 2.45) is 0 Å². The Morgan fingerprint density at radius 1 is 0.771 bits per heavy atom. The molecule has 0 aromatic heterocycles. The molecule has 0 aliphatic heterocycles. The molecule has 0 aliphatic carbocycles. The summed E-state index contributed by atoms with van der Waals surface area (Å²) in [5.74, 6) is -0.500. The minimum Gasteiger partial charge on any atom is -1.00 e. The van der Waals surface area contributed by atoms with Crippen LogP contribution in [0.25, 0.3) is 22.3 Å². The maximum atomic E-state index is 13.5. The van der Waals surface area contributed by atoms with Crippen molar-refractivity contribution in [2.75, 3.05) is 19.6 Å². The quantitative estimate of drug-likeness (QED) is 0.227. The number of nitrogens with two attached hydrogens (primary N) is 1. The van der Waals surface area contributed by atoms with Crippen LogP contribution < -0.4 is 54.0 Å². The van der Waals surface area contributed by atoms with Crippen LogP contribution in [0.15, 0.2) is 66.7 Å². The zero-order chi connectivity index (χ0) is 23.1. The van der Waals surface area contributed by atoms with Gasteiger partial charge in [0.25, 0.3) is 0 Å². The van der Waals surface area contributed by atoms with Gasteiger partial charge in [0, 0.05) is 18.3 Å². The lowest BCUT2D eigenvalue weighted by molar-refractivity contribution is -0.686. The van der Waals surface area contributed by atoms with E-state index in [0.717, 1.165) is 54.7 Å². The third-order valence-electron chi connectivity index (χ3n) is 6.09. The molecular formula is C27H36Cl3F2N3. The van der Waals surface area contributed by atoms with Gasteiger partial charge in [-0.15, -0.1) is 0 Å².